The molecule has 0 unspecified atom stereocenters. The highest BCUT2D eigenvalue weighted by atomic mass is 17.3. The molecule has 0 aliphatic rings. The molecule has 0 amide bonds. The molecule has 0 heterocycles. The fourth-order valence-corrected chi connectivity index (χ4v) is 0.978. The van der Waals surface area contributed by atoms with Gasteiger partial charge in [-0.3, -0.25) is 0 Å². The van der Waals surface area contributed by atoms with Crippen molar-refractivity contribution in [1.29, 1.82) is 0 Å². The van der Waals surface area contributed by atoms with E-state index < -0.39 is 6.29 Å². The van der Waals surface area contributed by atoms with Crippen molar-refractivity contribution in [3.63, 3.8) is 0 Å². The Morgan fingerprint density at radius 2 is 1.11 bits per heavy atom. The molecule has 0 bridgehead atoms. The lowest BCUT2D eigenvalue weighted by molar-refractivity contribution is -0.498. The van der Waals surface area contributed by atoms with Crippen molar-refractivity contribution >= 4 is 0 Å². The SMILES string of the molecule is CC(C)CCC(OOC(C)(C)C)OOC(C)(C)C. The second-order valence-corrected chi connectivity index (χ2v) is 6.98. The summed E-state index contributed by atoms with van der Waals surface area (Å²) >= 11 is 0. The van der Waals surface area contributed by atoms with Crippen LogP contribution in [0.25, 0.3) is 0 Å². The summed E-state index contributed by atoms with van der Waals surface area (Å²) in [5.41, 5.74) is -0.720. The van der Waals surface area contributed by atoms with Gasteiger partial charge in [0.25, 0.3) is 0 Å². The molecule has 0 aliphatic heterocycles. The van der Waals surface area contributed by atoms with Gasteiger partial charge in [-0.25, -0.2) is 19.6 Å². The van der Waals surface area contributed by atoms with Crippen LogP contribution in [0.1, 0.15) is 68.2 Å². The molecule has 0 saturated heterocycles. The Labute approximate surface area is 112 Å². The molecule has 18 heavy (non-hydrogen) atoms. The quantitative estimate of drug-likeness (QED) is 0.390. The van der Waals surface area contributed by atoms with Gasteiger partial charge in [-0.05, 0) is 53.9 Å². The minimum atomic E-state index is -0.495. The van der Waals surface area contributed by atoms with E-state index in [9.17, 15) is 0 Å². The highest BCUT2D eigenvalue weighted by Gasteiger charge is 2.21. The maximum atomic E-state index is 5.31. The molecule has 0 rings (SSSR count). The second-order valence-electron chi connectivity index (χ2n) is 6.98. The van der Waals surface area contributed by atoms with Crippen LogP contribution in [-0.2, 0) is 19.6 Å². The third-order valence-corrected chi connectivity index (χ3v) is 1.79. The predicted octanol–water partition coefficient (Wildman–Crippen LogP) is 4.24. The van der Waals surface area contributed by atoms with Gasteiger partial charge in [-0.15, -0.1) is 0 Å². The molecule has 4 nitrogen and oxygen atoms in total. The molecule has 0 radical (unpaired) electrons. The molecule has 0 spiro atoms. The average molecular weight is 262 g/mol. The second kappa shape index (κ2) is 7.43. The van der Waals surface area contributed by atoms with E-state index in [1.807, 2.05) is 41.5 Å². The zero-order valence-electron chi connectivity index (χ0n) is 13.2. The summed E-state index contributed by atoms with van der Waals surface area (Å²) in [6.07, 6.45) is 1.24. The minimum Gasteiger partial charge on any atom is -0.228 e. The Morgan fingerprint density at radius 1 is 0.722 bits per heavy atom. The van der Waals surface area contributed by atoms with Crippen molar-refractivity contribution in [1.82, 2.24) is 0 Å². The van der Waals surface area contributed by atoms with Gasteiger partial charge in [0.1, 0.15) is 0 Å². The summed E-state index contributed by atoms with van der Waals surface area (Å²) < 4.78 is 0. The molecular weight excluding hydrogens is 232 g/mol. The van der Waals surface area contributed by atoms with Crippen LogP contribution in [-0.4, -0.2) is 17.5 Å². The number of rotatable bonds is 7. The van der Waals surface area contributed by atoms with Crippen molar-refractivity contribution in [3.05, 3.63) is 0 Å². The Kier molecular flexibility index (Phi) is 7.37. The van der Waals surface area contributed by atoms with Crippen LogP contribution in [0.4, 0.5) is 0 Å². The summed E-state index contributed by atoms with van der Waals surface area (Å²) in [4.78, 5) is 21.2. The number of hydrogen-bond acceptors (Lipinski definition) is 4. The lowest BCUT2D eigenvalue weighted by Crippen LogP contribution is -2.29. The smallest absolute Gasteiger partial charge is 0.224 e. The van der Waals surface area contributed by atoms with E-state index in [2.05, 4.69) is 13.8 Å². The van der Waals surface area contributed by atoms with Crippen LogP contribution in [0.15, 0.2) is 0 Å². The van der Waals surface area contributed by atoms with Crippen molar-refractivity contribution in [2.45, 2.75) is 85.7 Å². The van der Waals surface area contributed by atoms with E-state index in [1.54, 1.807) is 0 Å². The monoisotopic (exact) mass is 262 g/mol. The van der Waals surface area contributed by atoms with Gasteiger partial charge < -0.3 is 0 Å². The zero-order chi connectivity index (χ0) is 14.4. The van der Waals surface area contributed by atoms with E-state index in [0.29, 0.717) is 5.92 Å². The fourth-order valence-electron chi connectivity index (χ4n) is 0.978. The number of hydrogen-bond donors (Lipinski definition) is 0. The van der Waals surface area contributed by atoms with E-state index in [4.69, 9.17) is 19.6 Å². The van der Waals surface area contributed by atoms with E-state index in [0.717, 1.165) is 12.8 Å². The Balaban J connectivity index is 4.16. The van der Waals surface area contributed by atoms with Crippen molar-refractivity contribution in [2.75, 3.05) is 0 Å². The fraction of sp³-hybridized carbons (Fsp3) is 1.00. The van der Waals surface area contributed by atoms with Crippen LogP contribution >= 0.6 is 0 Å². The van der Waals surface area contributed by atoms with Crippen LogP contribution < -0.4 is 0 Å². The largest absolute Gasteiger partial charge is 0.228 e. The summed E-state index contributed by atoms with van der Waals surface area (Å²) in [5.74, 6) is 0.587. The average Bonchev–Trinajstić information content (AvgIpc) is 2.13. The first-order chi connectivity index (χ1) is 7.99. The predicted molar refractivity (Wildman–Crippen MR) is 71.7 cm³/mol. The molecule has 0 aromatic carbocycles. The van der Waals surface area contributed by atoms with Crippen LogP contribution in [0.2, 0.25) is 0 Å². The Morgan fingerprint density at radius 3 is 1.39 bits per heavy atom. The first kappa shape index (κ1) is 17.8. The maximum absolute atomic E-state index is 5.31. The van der Waals surface area contributed by atoms with E-state index >= 15 is 0 Å². The first-order valence-corrected chi connectivity index (χ1v) is 6.68. The lowest BCUT2D eigenvalue weighted by Gasteiger charge is -2.26. The molecule has 110 valence electrons. The van der Waals surface area contributed by atoms with Gasteiger partial charge in [-0.2, -0.15) is 0 Å². The van der Waals surface area contributed by atoms with Crippen molar-refractivity contribution < 1.29 is 19.6 Å². The molecule has 0 aromatic rings. The molecule has 0 N–H and O–H groups in total. The Hall–Kier alpha value is -0.160. The topological polar surface area (TPSA) is 36.9 Å². The van der Waals surface area contributed by atoms with Crippen molar-refractivity contribution in [3.8, 4) is 0 Å². The summed E-state index contributed by atoms with van der Waals surface area (Å²) in [7, 11) is 0. The lowest BCUT2D eigenvalue weighted by atomic mass is 10.1. The van der Waals surface area contributed by atoms with Gasteiger partial charge in [0.2, 0.25) is 6.29 Å². The molecule has 0 fully saturated rings. The summed E-state index contributed by atoms with van der Waals surface area (Å²) in [6, 6.07) is 0. The molecule has 0 aliphatic carbocycles. The highest BCUT2D eigenvalue weighted by molar-refractivity contribution is 4.57. The third-order valence-electron chi connectivity index (χ3n) is 1.79. The van der Waals surface area contributed by atoms with Crippen molar-refractivity contribution in [2.24, 2.45) is 5.92 Å². The van der Waals surface area contributed by atoms with Crippen LogP contribution in [0, 0.1) is 5.92 Å². The van der Waals surface area contributed by atoms with Gasteiger partial charge in [0, 0.05) is 6.42 Å². The van der Waals surface area contributed by atoms with Gasteiger partial charge in [0.05, 0.1) is 11.2 Å². The molecule has 0 saturated carbocycles. The molecular formula is C14H30O4. The van der Waals surface area contributed by atoms with E-state index in [1.165, 1.54) is 0 Å². The highest BCUT2D eigenvalue weighted by Crippen LogP contribution is 2.18. The minimum absolute atomic E-state index is 0.360. The van der Waals surface area contributed by atoms with E-state index in [-0.39, 0.29) is 11.2 Å². The zero-order valence-corrected chi connectivity index (χ0v) is 13.2. The van der Waals surface area contributed by atoms with Gasteiger partial charge in [-0.1, -0.05) is 13.8 Å². The molecule has 0 atom stereocenters. The standard InChI is InChI=1S/C14H30O4/c1-11(2)9-10-12(15-17-13(3,4)5)16-18-14(6,7)8/h11-12H,9-10H2,1-8H3. The normalized spacial score (nSPS) is 13.7. The molecule has 4 heteroatoms. The van der Waals surface area contributed by atoms with Gasteiger partial charge in [0.15, 0.2) is 0 Å². The van der Waals surface area contributed by atoms with Crippen LogP contribution in [0.3, 0.4) is 0 Å². The Bertz CT molecular complexity index is 195. The first-order valence-electron chi connectivity index (χ1n) is 6.68. The van der Waals surface area contributed by atoms with Gasteiger partial charge >= 0.3 is 0 Å². The maximum Gasteiger partial charge on any atom is 0.224 e. The van der Waals surface area contributed by atoms with Crippen LogP contribution in [0.5, 0.6) is 0 Å². The molecule has 0 aromatic heterocycles. The third kappa shape index (κ3) is 12.3. The summed E-state index contributed by atoms with van der Waals surface area (Å²) in [5, 5.41) is 0. The summed E-state index contributed by atoms with van der Waals surface area (Å²) in [6.45, 7) is 15.9.